The van der Waals surface area contributed by atoms with E-state index in [0.29, 0.717) is 0 Å². The van der Waals surface area contributed by atoms with Crippen molar-refractivity contribution in [1.29, 1.82) is 0 Å². The molecule has 0 spiro atoms. The van der Waals surface area contributed by atoms with Crippen LogP contribution in [0.4, 0.5) is 0 Å². The average molecular weight is 1010 g/mol. The maximum Gasteiger partial charge on any atom is 0.338 e. The Morgan fingerprint density at radius 2 is 0.730 bits per heavy atom. The van der Waals surface area contributed by atoms with E-state index in [0.717, 1.165) is 6.92 Å². The highest BCUT2D eigenvalue weighted by atomic mass is 16.8. The number of hydrogen-bond donors (Lipinski definition) is 1. The number of esters is 7. The van der Waals surface area contributed by atoms with Crippen LogP contribution in [-0.2, 0) is 52.2 Å². The van der Waals surface area contributed by atoms with Crippen molar-refractivity contribution in [3.8, 4) is 0 Å². The normalized spacial score (nSPS) is 21.7. The summed E-state index contributed by atoms with van der Waals surface area (Å²) in [6, 6.07) is 46.6. The molecule has 0 amide bonds. The zero-order valence-corrected chi connectivity index (χ0v) is 39.4. The summed E-state index contributed by atoms with van der Waals surface area (Å²) in [5.41, 5.74) is 0.436. The van der Waals surface area contributed by atoms with Gasteiger partial charge in [0.2, 0.25) is 0 Å². The molecule has 2 aliphatic rings. The number of aliphatic hydroxyl groups is 1. The lowest BCUT2D eigenvalue weighted by atomic mass is 10.0. The van der Waals surface area contributed by atoms with Crippen LogP contribution in [0, 0.1) is 0 Å². The quantitative estimate of drug-likeness (QED) is 0.0687. The Morgan fingerprint density at radius 3 is 1.12 bits per heavy atom. The Hall–Kier alpha value is -8.55. The molecule has 0 saturated carbocycles. The second kappa shape index (κ2) is 24.7. The van der Waals surface area contributed by atoms with E-state index in [1.165, 1.54) is 72.8 Å². The summed E-state index contributed by atoms with van der Waals surface area (Å²) in [5.74, 6) is -6.41. The second-order valence-corrected chi connectivity index (χ2v) is 16.7. The number of rotatable bonds is 19. The van der Waals surface area contributed by atoms with Crippen LogP contribution in [0.5, 0.6) is 0 Å². The van der Waals surface area contributed by atoms with Crippen molar-refractivity contribution in [3.63, 3.8) is 0 Å². The minimum Gasteiger partial charge on any atom is -0.459 e. The van der Waals surface area contributed by atoms with Gasteiger partial charge in [-0.15, -0.1) is 0 Å². The molecular weight excluding hydrogens is 961 g/mol. The first-order valence-electron chi connectivity index (χ1n) is 23.2. The minimum absolute atomic E-state index is 0.0272. The van der Waals surface area contributed by atoms with Gasteiger partial charge in [0.05, 0.1) is 33.4 Å². The largest absolute Gasteiger partial charge is 0.459 e. The summed E-state index contributed by atoms with van der Waals surface area (Å²) in [6.45, 7) is -0.463. The third-order valence-electron chi connectivity index (χ3n) is 11.6. The van der Waals surface area contributed by atoms with Gasteiger partial charge in [0.25, 0.3) is 0 Å². The first-order chi connectivity index (χ1) is 35.9. The SMILES string of the molecule is CC(=O)O[C@@H]1[C@@H](OC(=O)c2ccccc2)[C@H]([C@@H](COC(=O)c2ccccc2)O[C@@H]2O[C@@H]([C@@H](COC(=O)c3ccccc3)OC(=O)c3ccccc3)[C@H](OC(=O)c3ccccc3)[C@H]2OC(=O)c2ccccc2)O[C@H]1O. The number of ether oxygens (including phenoxy) is 10. The smallest absolute Gasteiger partial charge is 0.338 e. The van der Waals surface area contributed by atoms with Gasteiger partial charge in [-0.3, -0.25) is 4.79 Å². The monoisotopic (exact) mass is 1010 g/mol. The summed E-state index contributed by atoms with van der Waals surface area (Å²) in [6.07, 6.45) is -17.7. The molecule has 2 saturated heterocycles. The van der Waals surface area contributed by atoms with E-state index in [4.69, 9.17) is 47.4 Å². The predicted octanol–water partition coefficient (Wildman–Crippen LogP) is 6.36. The molecule has 2 fully saturated rings. The van der Waals surface area contributed by atoms with Gasteiger partial charge in [-0.2, -0.15) is 0 Å². The molecule has 0 radical (unpaired) electrons. The number of aliphatic hydroxyl groups excluding tert-OH is 1. The zero-order chi connectivity index (χ0) is 52.0. The second-order valence-electron chi connectivity index (χ2n) is 16.7. The van der Waals surface area contributed by atoms with E-state index in [-0.39, 0.29) is 33.4 Å². The van der Waals surface area contributed by atoms with Gasteiger partial charge in [-0.25, -0.2) is 28.8 Å². The van der Waals surface area contributed by atoms with E-state index < -0.39 is 116 Å². The van der Waals surface area contributed by atoms with Crippen molar-refractivity contribution in [2.45, 2.75) is 68.3 Å². The number of hydrogen-bond acceptors (Lipinski definition) is 18. The molecule has 380 valence electrons. The molecule has 2 heterocycles. The van der Waals surface area contributed by atoms with Crippen molar-refractivity contribution in [2.24, 2.45) is 0 Å². The molecular formula is C56H48O18. The van der Waals surface area contributed by atoms with Crippen molar-refractivity contribution < 1.29 is 86.0 Å². The van der Waals surface area contributed by atoms with Crippen LogP contribution < -0.4 is 0 Å². The van der Waals surface area contributed by atoms with Crippen LogP contribution in [0.1, 0.15) is 69.1 Å². The van der Waals surface area contributed by atoms with Gasteiger partial charge >= 0.3 is 41.8 Å². The Bertz CT molecular complexity index is 2850. The van der Waals surface area contributed by atoms with Crippen LogP contribution in [-0.4, -0.2) is 122 Å². The van der Waals surface area contributed by atoms with Crippen molar-refractivity contribution in [2.75, 3.05) is 13.2 Å². The average Bonchev–Trinajstić information content (AvgIpc) is 3.92. The molecule has 0 aromatic heterocycles. The molecule has 8 rings (SSSR count). The zero-order valence-electron chi connectivity index (χ0n) is 39.4. The molecule has 2 aliphatic heterocycles. The highest BCUT2D eigenvalue weighted by Gasteiger charge is 2.58. The number of benzene rings is 6. The standard InChI is InChI=1S/C56H48O18/c1-34(57)67-47-45(71-52(61)38-26-14-5-15-27-38)43(70-55(47)64)42(33-66-50(59)36-22-10-3-11-23-36)69-56-48(73-54(63)40-30-18-7-19-31-40)46(72-53(62)39-28-16-6-17-29-39)44(74-56)41(68-51(60)37-24-12-4-13-25-37)32-65-49(58)35-20-8-2-9-21-35/h2-31,41-48,55-56,64H,32-33H2,1H3/t41-,42-,43+,44+,45+,46+,47-,48-,55-,56-/m1/s1. The molecule has 0 aliphatic carbocycles. The van der Waals surface area contributed by atoms with Crippen molar-refractivity contribution in [1.82, 2.24) is 0 Å². The third kappa shape index (κ3) is 13.1. The summed E-state index contributed by atoms with van der Waals surface area (Å²) in [7, 11) is 0. The van der Waals surface area contributed by atoms with E-state index in [9.17, 15) is 38.7 Å². The Morgan fingerprint density at radius 1 is 0.405 bits per heavy atom. The fourth-order valence-electron chi connectivity index (χ4n) is 8.02. The van der Waals surface area contributed by atoms with Gasteiger partial charge in [-0.1, -0.05) is 109 Å². The van der Waals surface area contributed by atoms with Crippen LogP contribution in [0.2, 0.25) is 0 Å². The van der Waals surface area contributed by atoms with Gasteiger partial charge < -0.3 is 52.5 Å². The first-order valence-corrected chi connectivity index (χ1v) is 23.2. The van der Waals surface area contributed by atoms with E-state index >= 15 is 0 Å². The topological polar surface area (TPSA) is 232 Å². The Labute approximate surface area is 423 Å². The summed E-state index contributed by atoms with van der Waals surface area (Å²) < 4.78 is 60.4. The van der Waals surface area contributed by atoms with Crippen molar-refractivity contribution >= 4 is 41.8 Å². The maximum absolute atomic E-state index is 14.2. The van der Waals surface area contributed by atoms with Crippen LogP contribution in [0.25, 0.3) is 0 Å². The molecule has 1 N–H and O–H groups in total. The van der Waals surface area contributed by atoms with E-state index in [1.54, 1.807) is 109 Å². The maximum atomic E-state index is 14.2. The molecule has 18 heteroatoms. The van der Waals surface area contributed by atoms with Crippen LogP contribution in [0.15, 0.2) is 182 Å². The molecule has 6 aromatic carbocycles. The Balaban J connectivity index is 1.23. The molecule has 74 heavy (non-hydrogen) atoms. The molecule has 0 unspecified atom stereocenters. The fraction of sp³-hybridized carbons (Fsp3) is 0.232. The van der Waals surface area contributed by atoms with E-state index in [1.807, 2.05) is 0 Å². The Kier molecular flexibility index (Phi) is 17.3. The van der Waals surface area contributed by atoms with Gasteiger partial charge in [0.15, 0.2) is 43.1 Å². The van der Waals surface area contributed by atoms with Gasteiger partial charge in [-0.05, 0) is 72.8 Å². The molecule has 10 atom stereocenters. The molecule has 0 bridgehead atoms. The van der Waals surface area contributed by atoms with Gasteiger partial charge in [0, 0.05) is 6.92 Å². The third-order valence-corrected chi connectivity index (χ3v) is 11.6. The highest BCUT2D eigenvalue weighted by molar-refractivity contribution is 5.92. The minimum atomic E-state index is -1.97. The number of carbonyl (C=O) groups is 7. The van der Waals surface area contributed by atoms with Crippen molar-refractivity contribution in [3.05, 3.63) is 215 Å². The first kappa shape index (κ1) is 51.8. The molecule has 18 nitrogen and oxygen atoms in total. The summed E-state index contributed by atoms with van der Waals surface area (Å²) in [5, 5.41) is 11.4. The lowest BCUT2D eigenvalue weighted by molar-refractivity contribution is -0.239. The van der Waals surface area contributed by atoms with Crippen LogP contribution in [0.3, 0.4) is 0 Å². The predicted molar refractivity (Wildman–Crippen MR) is 256 cm³/mol. The summed E-state index contributed by atoms with van der Waals surface area (Å²) >= 11 is 0. The van der Waals surface area contributed by atoms with E-state index in [2.05, 4.69) is 0 Å². The highest BCUT2D eigenvalue weighted by Crippen LogP contribution is 2.37. The van der Waals surface area contributed by atoms with Crippen LogP contribution >= 0.6 is 0 Å². The van der Waals surface area contributed by atoms with Gasteiger partial charge in [0.1, 0.15) is 31.5 Å². The fourth-order valence-corrected chi connectivity index (χ4v) is 8.02. The lowest BCUT2D eigenvalue weighted by Crippen LogP contribution is -2.50. The summed E-state index contributed by atoms with van der Waals surface area (Å²) in [4.78, 5) is 95.7. The molecule has 6 aromatic rings. The lowest BCUT2D eigenvalue weighted by Gasteiger charge is -2.31. The number of carbonyl (C=O) groups excluding carboxylic acids is 7.